The summed E-state index contributed by atoms with van der Waals surface area (Å²) in [4.78, 5) is 13.0. The Morgan fingerprint density at radius 1 is 1.28 bits per heavy atom. The van der Waals surface area contributed by atoms with Crippen molar-refractivity contribution in [3.8, 4) is 0 Å². The van der Waals surface area contributed by atoms with Crippen molar-refractivity contribution in [3.63, 3.8) is 0 Å². The minimum atomic E-state index is -0.0393. The second-order valence-corrected chi connectivity index (χ2v) is 7.18. The molecular weight excluding hydrogens is 312 g/mol. The molecule has 1 aromatic carbocycles. The van der Waals surface area contributed by atoms with Gasteiger partial charge in [0.2, 0.25) is 5.91 Å². The number of hydrogen-bond acceptors (Lipinski definition) is 3. The zero-order chi connectivity index (χ0) is 17.1. The molecule has 1 fully saturated rings. The van der Waals surface area contributed by atoms with Gasteiger partial charge in [-0.25, -0.2) is 0 Å². The number of nitrogens with zero attached hydrogens (tertiary/aromatic N) is 2. The third-order valence-electron chi connectivity index (χ3n) is 5.48. The molecule has 1 saturated carbocycles. The van der Waals surface area contributed by atoms with E-state index in [4.69, 9.17) is 0 Å². The minimum absolute atomic E-state index is 0.0393. The van der Waals surface area contributed by atoms with Gasteiger partial charge in [-0.05, 0) is 30.4 Å². The molecule has 2 aromatic rings. The summed E-state index contributed by atoms with van der Waals surface area (Å²) < 4.78 is 2.05. The van der Waals surface area contributed by atoms with Crippen LogP contribution in [0.5, 0.6) is 0 Å². The van der Waals surface area contributed by atoms with Crippen molar-refractivity contribution < 1.29 is 4.79 Å². The molecule has 25 heavy (non-hydrogen) atoms. The average Bonchev–Trinajstić information content (AvgIpc) is 3.30. The van der Waals surface area contributed by atoms with E-state index in [-0.39, 0.29) is 11.8 Å². The predicted molar refractivity (Wildman–Crippen MR) is 96.9 cm³/mol. The van der Waals surface area contributed by atoms with Crippen LogP contribution in [-0.4, -0.2) is 22.2 Å². The average molecular weight is 338 g/mol. The number of hydrogen-bond donors (Lipinski definition) is 2. The van der Waals surface area contributed by atoms with Crippen LogP contribution in [-0.2, 0) is 24.4 Å². The highest BCUT2D eigenvalue weighted by Crippen LogP contribution is 2.37. The van der Waals surface area contributed by atoms with E-state index in [0.717, 1.165) is 43.7 Å². The molecule has 0 radical (unpaired) electrons. The molecule has 2 heterocycles. The summed E-state index contributed by atoms with van der Waals surface area (Å²) in [5.41, 5.74) is 3.29. The summed E-state index contributed by atoms with van der Waals surface area (Å²) in [6.45, 7) is 3.22. The molecule has 1 aliphatic heterocycles. The van der Waals surface area contributed by atoms with Crippen LogP contribution in [0.1, 0.15) is 48.6 Å². The monoisotopic (exact) mass is 338 g/mol. The maximum absolute atomic E-state index is 13.0. The number of fused-ring (bicyclic) bond motifs is 1. The third-order valence-corrected chi connectivity index (χ3v) is 5.48. The molecular formula is C20H26N4O. The topological polar surface area (TPSA) is 59.0 Å². The summed E-state index contributed by atoms with van der Waals surface area (Å²) in [7, 11) is 0. The lowest BCUT2D eigenvalue weighted by molar-refractivity contribution is -0.123. The van der Waals surface area contributed by atoms with Crippen LogP contribution < -0.4 is 10.6 Å². The largest absolute Gasteiger partial charge is 0.350 e. The van der Waals surface area contributed by atoms with E-state index in [1.165, 1.54) is 18.5 Å². The van der Waals surface area contributed by atoms with Crippen molar-refractivity contribution in [2.24, 2.45) is 5.92 Å². The number of carbonyl (C=O) groups excluding carboxylic acids is 1. The summed E-state index contributed by atoms with van der Waals surface area (Å²) in [6.07, 6.45) is 4.78. The molecule has 1 aliphatic carbocycles. The second-order valence-electron chi connectivity index (χ2n) is 7.18. The molecule has 5 heteroatoms. The van der Waals surface area contributed by atoms with E-state index in [0.29, 0.717) is 12.5 Å². The van der Waals surface area contributed by atoms with Crippen molar-refractivity contribution in [1.82, 2.24) is 20.4 Å². The van der Waals surface area contributed by atoms with E-state index in [1.807, 2.05) is 22.9 Å². The number of nitrogens with one attached hydrogen (secondary N) is 2. The number of amides is 1. The zero-order valence-corrected chi connectivity index (χ0v) is 14.6. The van der Waals surface area contributed by atoms with Gasteiger partial charge < -0.3 is 10.6 Å². The molecule has 0 spiro atoms. The fraction of sp³-hybridized carbons (Fsp3) is 0.500. The Labute approximate surface area is 148 Å². The normalized spacial score (nSPS) is 18.7. The van der Waals surface area contributed by atoms with Crippen molar-refractivity contribution in [1.29, 1.82) is 0 Å². The SMILES string of the molecule is O=C(NCc1cc2n(n1)CCNC2)[C@@H](c1ccccc1)C1CCCC1. The Morgan fingerprint density at radius 3 is 2.84 bits per heavy atom. The van der Waals surface area contributed by atoms with Crippen LogP contribution >= 0.6 is 0 Å². The van der Waals surface area contributed by atoms with Crippen molar-refractivity contribution in [2.45, 2.75) is 51.2 Å². The number of rotatable bonds is 5. The van der Waals surface area contributed by atoms with Gasteiger partial charge in [0.1, 0.15) is 0 Å². The van der Waals surface area contributed by atoms with Gasteiger partial charge in [0.25, 0.3) is 0 Å². The van der Waals surface area contributed by atoms with E-state index >= 15 is 0 Å². The van der Waals surface area contributed by atoms with Crippen molar-refractivity contribution >= 4 is 5.91 Å². The zero-order valence-electron chi connectivity index (χ0n) is 14.6. The Kier molecular flexibility index (Phi) is 4.83. The van der Waals surface area contributed by atoms with Crippen molar-refractivity contribution in [3.05, 3.63) is 53.3 Å². The molecule has 132 valence electrons. The van der Waals surface area contributed by atoms with E-state index in [9.17, 15) is 4.79 Å². The fourth-order valence-electron chi connectivity index (χ4n) is 4.22. The maximum atomic E-state index is 13.0. The quantitative estimate of drug-likeness (QED) is 0.881. The van der Waals surface area contributed by atoms with Gasteiger partial charge in [-0.15, -0.1) is 0 Å². The Bertz CT molecular complexity index is 695. The molecule has 1 amide bonds. The van der Waals surface area contributed by atoms with E-state index < -0.39 is 0 Å². The van der Waals surface area contributed by atoms with Gasteiger partial charge in [-0.3, -0.25) is 9.48 Å². The first-order valence-electron chi connectivity index (χ1n) is 9.40. The summed E-state index contributed by atoms with van der Waals surface area (Å²) in [5.74, 6) is 0.562. The molecule has 1 aromatic heterocycles. The number of carbonyl (C=O) groups is 1. The summed E-state index contributed by atoms with van der Waals surface area (Å²) in [6, 6.07) is 12.3. The van der Waals surface area contributed by atoms with Gasteiger partial charge >= 0.3 is 0 Å². The highest BCUT2D eigenvalue weighted by atomic mass is 16.1. The first kappa shape index (κ1) is 16.3. The highest BCUT2D eigenvalue weighted by Gasteiger charge is 2.31. The van der Waals surface area contributed by atoms with E-state index in [2.05, 4.69) is 33.9 Å². The standard InChI is InChI=1S/C20H26N4O/c25-20(22-13-17-12-18-14-21-10-11-24(18)23-17)19(16-8-4-5-9-16)15-6-2-1-3-7-15/h1-3,6-7,12,16,19,21H,4-5,8-11,13-14H2,(H,22,25)/t19-/m0/s1. The second kappa shape index (κ2) is 7.40. The molecule has 4 rings (SSSR count). The first-order valence-corrected chi connectivity index (χ1v) is 9.40. The molecule has 5 nitrogen and oxygen atoms in total. The Hall–Kier alpha value is -2.14. The highest BCUT2D eigenvalue weighted by molar-refractivity contribution is 5.84. The molecule has 0 bridgehead atoms. The smallest absolute Gasteiger partial charge is 0.228 e. The van der Waals surface area contributed by atoms with Gasteiger partial charge in [0, 0.05) is 13.1 Å². The molecule has 0 unspecified atom stereocenters. The Morgan fingerprint density at radius 2 is 2.08 bits per heavy atom. The summed E-state index contributed by atoms with van der Waals surface area (Å²) >= 11 is 0. The third kappa shape index (κ3) is 3.61. The van der Waals surface area contributed by atoms with Crippen LogP contribution in [0.2, 0.25) is 0 Å². The molecule has 2 aliphatic rings. The van der Waals surface area contributed by atoms with Crippen LogP contribution in [0, 0.1) is 5.92 Å². The van der Waals surface area contributed by atoms with Crippen molar-refractivity contribution in [2.75, 3.05) is 6.54 Å². The lowest BCUT2D eigenvalue weighted by Crippen LogP contribution is -2.32. The minimum Gasteiger partial charge on any atom is -0.350 e. The van der Waals surface area contributed by atoms with Crippen LogP contribution in [0.4, 0.5) is 0 Å². The molecule has 2 N–H and O–H groups in total. The van der Waals surface area contributed by atoms with Gasteiger partial charge in [0.05, 0.1) is 30.4 Å². The Balaban J connectivity index is 1.46. The first-order chi connectivity index (χ1) is 12.3. The summed E-state index contributed by atoms with van der Waals surface area (Å²) in [5, 5.41) is 11.1. The van der Waals surface area contributed by atoms with Crippen LogP contribution in [0.25, 0.3) is 0 Å². The van der Waals surface area contributed by atoms with Gasteiger partial charge in [0.15, 0.2) is 0 Å². The van der Waals surface area contributed by atoms with Crippen LogP contribution in [0.15, 0.2) is 36.4 Å². The molecule has 1 atom stereocenters. The molecule has 0 saturated heterocycles. The fourth-order valence-corrected chi connectivity index (χ4v) is 4.22. The lowest BCUT2D eigenvalue weighted by atomic mass is 9.84. The number of aromatic nitrogens is 2. The lowest BCUT2D eigenvalue weighted by Gasteiger charge is -2.23. The predicted octanol–water partition coefficient (Wildman–Crippen LogP) is 2.58. The maximum Gasteiger partial charge on any atom is 0.228 e. The number of benzene rings is 1. The van der Waals surface area contributed by atoms with Crippen LogP contribution in [0.3, 0.4) is 0 Å². The van der Waals surface area contributed by atoms with E-state index in [1.54, 1.807) is 0 Å². The van der Waals surface area contributed by atoms with Gasteiger partial charge in [-0.1, -0.05) is 43.2 Å². The van der Waals surface area contributed by atoms with Gasteiger partial charge in [-0.2, -0.15) is 5.10 Å².